The van der Waals surface area contributed by atoms with Crippen LogP contribution in [-0.2, 0) is 24.7 Å². The van der Waals surface area contributed by atoms with Crippen molar-refractivity contribution in [1.29, 1.82) is 5.53 Å². The lowest BCUT2D eigenvalue weighted by molar-refractivity contribution is -0.795. The second-order valence-corrected chi connectivity index (χ2v) is 8.74. The molecule has 0 fully saturated rings. The third-order valence-electron chi connectivity index (χ3n) is 6.09. The van der Waals surface area contributed by atoms with E-state index in [0.717, 1.165) is 15.9 Å². The van der Waals surface area contributed by atoms with Gasteiger partial charge in [-0.05, 0) is 23.3 Å². The Morgan fingerprint density at radius 1 is 0.784 bits per heavy atom. The number of benzene rings is 4. The first-order valence-corrected chi connectivity index (χ1v) is 12.1. The maximum absolute atomic E-state index is 11.3. The Morgan fingerprint density at radius 3 is 1.95 bits per heavy atom. The third-order valence-corrected chi connectivity index (χ3v) is 6.09. The van der Waals surface area contributed by atoms with Crippen LogP contribution in [0.15, 0.2) is 120 Å². The van der Waals surface area contributed by atoms with E-state index in [1.165, 1.54) is 17.3 Å². The van der Waals surface area contributed by atoms with Crippen LogP contribution < -0.4 is 0 Å². The van der Waals surface area contributed by atoms with E-state index < -0.39 is 0 Å². The molecule has 184 valence electrons. The quantitative estimate of drug-likeness (QED) is 0.0996. The van der Waals surface area contributed by atoms with Crippen molar-refractivity contribution in [1.82, 2.24) is 9.47 Å². The van der Waals surface area contributed by atoms with E-state index in [2.05, 4.69) is 34.3 Å². The normalized spacial score (nSPS) is 11.4. The van der Waals surface area contributed by atoms with Crippen molar-refractivity contribution in [3.05, 3.63) is 132 Å². The van der Waals surface area contributed by atoms with Crippen LogP contribution >= 0.6 is 0 Å². The molecule has 1 aromatic heterocycles. The molecule has 0 saturated heterocycles. The molecule has 5 rings (SSSR count). The number of oxime groups is 1. The molecule has 5 aromatic rings. The first-order valence-electron chi connectivity index (χ1n) is 12.1. The second-order valence-electron chi connectivity index (χ2n) is 8.74. The van der Waals surface area contributed by atoms with Crippen molar-refractivity contribution in [2.24, 2.45) is 5.16 Å². The van der Waals surface area contributed by atoms with Crippen LogP contribution in [0.2, 0.25) is 0 Å². The Kier molecular flexibility index (Phi) is 7.34. The van der Waals surface area contributed by atoms with Crippen molar-refractivity contribution in [3.8, 4) is 5.88 Å². The molecule has 7 heteroatoms. The lowest BCUT2D eigenvalue weighted by Gasteiger charge is -2.24. The Hall–Kier alpha value is -4.75. The fourth-order valence-electron chi connectivity index (χ4n) is 4.37. The monoisotopic (exact) mass is 490 g/mol. The Labute approximate surface area is 215 Å². The number of rotatable bonds is 10. The highest BCUT2D eigenvalue weighted by Crippen LogP contribution is 2.38. The number of aromatic hydroxyl groups is 1. The van der Waals surface area contributed by atoms with E-state index in [9.17, 15) is 5.11 Å². The number of hydrogen-bond acceptors (Lipinski definition) is 5. The number of para-hydroxylation sites is 1. The highest BCUT2D eigenvalue weighted by atomic mass is 16.8. The average Bonchev–Trinajstić information content (AvgIpc) is 3.21. The van der Waals surface area contributed by atoms with Gasteiger partial charge in [0.2, 0.25) is 5.88 Å². The van der Waals surface area contributed by atoms with Crippen LogP contribution in [0.25, 0.3) is 10.9 Å². The van der Waals surface area contributed by atoms with Gasteiger partial charge in [0.05, 0.1) is 22.4 Å². The molecule has 4 aromatic carbocycles. The van der Waals surface area contributed by atoms with Gasteiger partial charge in [0.25, 0.3) is 5.69 Å². The number of fused-ring (bicyclic) bond motifs is 1. The predicted octanol–water partition coefficient (Wildman–Crippen LogP) is 6.65. The number of hydrogen-bond donors (Lipinski definition) is 2. The van der Waals surface area contributed by atoms with Crippen molar-refractivity contribution in [2.45, 2.75) is 19.8 Å². The number of nitrogens with zero attached hydrogens (tertiary/aromatic N) is 4. The smallest absolute Gasteiger partial charge is 0.268 e. The van der Waals surface area contributed by atoms with Gasteiger partial charge in [0, 0.05) is 18.7 Å². The first kappa shape index (κ1) is 24.0. The summed E-state index contributed by atoms with van der Waals surface area (Å²) < 4.78 is 1.81. The molecule has 0 unspecified atom stereocenters. The van der Waals surface area contributed by atoms with E-state index in [1.54, 1.807) is 0 Å². The van der Waals surface area contributed by atoms with Crippen LogP contribution in [0.1, 0.15) is 16.7 Å². The van der Waals surface area contributed by atoms with Gasteiger partial charge in [-0.2, -0.15) is 0 Å². The van der Waals surface area contributed by atoms with Crippen LogP contribution in [0.4, 0.5) is 5.69 Å². The number of aromatic nitrogens is 1. The molecule has 2 N–H and O–H groups in total. The van der Waals surface area contributed by atoms with Crippen LogP contribution in [0.3, 0.4) is 0 Å². The van der Waals surface area contributed by atoms with E-state index in [-0.39, 0.29) is 11.6 Å². The van der Waals surface area contributed by atoms with Crippen LogP contribution in [0.5, 0.6) is 5.88 Å². The molecule has 0 spiro atoms. The lowest BCUT2D eigenvalue weighted by atomic mass is 10.2. The van der Waals surface area contributed by atoms with Gasteiger partial charge >= 0.3 is 0 Å². The Balaban J connectivity index is 1.45. The topological polar surface area (TPSA) is 76.9 Å². The lowest BCUT2D eigenvalue weighted by Crippen LogP contribution is -2.25. The van der Waals surface area contributed by atoms with Gasteiger partial charge < -0.3 is 5.11 Å². The molecule has 0 aliphatic carbocycles. The third kappa shape index (κ3) is 5.74. The summed E-state index contributed by atoms with van der Waals surface area (Å²) in [5.74, 6) is -0.0581. The molecule has 0 saturated carbocycles. The fourth-order valence-corrected chi connectivity index (χ4v) is 4.37. The van der Waals surface area contributed by atoms with E-state index in [0.29, 0.717) is 25.1 Å². The molecular weight excluding hydrogens is 462 g/mol. The summed E-state index contributed by atoms with van der Waals surface area (Å²) in [6.45, 7) is 1.80. The molecule has 0 bridgehead atoms. The van der Waals surface area contributed by atoms with Gasteiger partial charge in [-0.3, -0.25) is 9.47 Å². The zero-order valence-corrected chi connectivity index (χ0v) is 20.3. The minimum absolute atomic E-state index is 0.0581. The molecule has 7 nitrogen and oxygen atoms in total. The van der Waals surface area contributed by atoms with Crippen LogP contribution in [0, 0.1) is 5.53 Å². The minimum atomic E-state index is -0.0581. The summed E-state index contributed by atoms with van der Waals surface area (Å²) in [6, 6.07) is 37.6. The van der Waals surface area contributed by atoms with Gasteiger partial charge in [-0.15, -0.1) is 0 Å². The molecule has 0 aliphatic rings. The predicted molar refractivity (Wildman–Crippen MR) is 143 cm³/mol. The molecule has 0 radical (unpaired) electrons. The number of nitrogens with one attached hydrogen (secondary N) is 1. The van der Waals surface area contributed by atoms with Crippen molar-refractivity contribution in [2.75, 3.05) is 0 Å². The SMILES string of the molecule is N=[N+](ON=Cc1ccccc1)c1c(O)n(CN(Cc2ccccc2)Cc2ccccc2)c2ccccc12. The summed E-state index contributed by atoms with van der Waals surface area (Å²) >= 11 is 0. The highest BCUT2D eigenvalue weighted by molar-refractivity contribution is 5.92. The maximum atomic E-state index is 11.3. The minimum Gasteiger partial charge on any atom is -0.491 e. The maximum Gasteiger partial charge on any atom is 0.268 e. The fraction of sp³-hybridized carbons (Fsp3) is 0.100. The molecule has 0 amide bonds. The first-order chi connectivity index (χ1) is 18.2. The van der Waals surface area contributed by atoms with Gasteiger partial charge in [-0.1, -0.05) is 114 Å². The van der Waals surface area contributed by atoms with Crippen molar-refractivity contribution < 1.29 is 14.9 Å². The molecular formula is C30H28N5O2+. The standard InChI is InChI=1S/C30H27N5O2/c31-35(37-32-20-24-12-4-1-5-13-24)29-27-18-10-11-19-28(27)34(30(29)36)23-33(21-25-14-6-2-7-15-25)22-26-16-8-3-9-17-26/h1-20H,21-23H2,(H-,31,36)/p+1. The van der Waals surface area contributed by atoms with Gasteiger partial charge in [-0.25, -0.2) is 0 Å². The molecule has 0 atom stereocenters. The Bertz CT molecular complexity index is 1460. The zero-order chi connectivity index (χ0) is 25.5. The summed E-state index contributed by atoms with van der Waals surface area (Å²) in [7, 11) is 0. The second kappa shape index (κ2) is 11.3. The van der Waals surface area contributed by atoms with Gasteiger partial charge in [0.1, 0.15) is 0 Å². The molecule has 37 heavy (non-hydrogen) atoms. The average molecular weight is 491 g/mol. The largest absolute Gasteiger partial charge is 0.491 e. The zero-order valence-electron chi connectivity index (χ0n) is 20.3. The van der Waals surface area contributed by atoms with Crippen molar-refractivity contribution >= 4 is 22.8 Å². The van der Waals surface area contributed by atoms with E-state index >= 15 is 0 Å². The summed E-state index contributed by atoms with van der Waals surface area (Å²) in [5.41, 5.74) is 12.7. The Morgan fingerprint density at radius 2 is 1.32 bits per heavy atom. The van der Waals surface area contributed by atoms with E-state index in [4.69, 9.17) is 10.5 Å². The summed E-state index contributed by atoms with van der Waals surface area (Å²) in [5, 5.41) is 16.0. The molecule has 0 aliphatic heterocycles. The summed E-state index contributed by atoms with van der Waals surface area (Å²) in [6.07, 6.45) is 1.53. The van der Waals surface area contributed by atoms with Crippen LogP contribution in [-0.4, -0.2) is 25.6 Å². The van der Waals surface area contributed by atoms with E-state index in [1.807, 2.05) is 95.6 Å². The van der Waals surface area contributed by atoms with Gasteiger partial charge in [0.15, 0.2) is 11.4 Å². The highest BCUT2D eigenvalue weighted by Gasteiger charge is 2.26. The summed E-state index contributed by atoms with van der Waals surface area (Å²) in [4.78, 5) is 8.32. The van der Waals surface area contributed by atoms with Crippen molar-refractivity contribution in [3.63, 3.8) is 0 Å². The molecule has 1 heterocycles.